The second-order valence-electron chi connectivity index (χ2n) is 6.20. The van der Waals surface area contributed by atoms with Gasteiger partial charge < -0.3 is 14.8 Å². The number of non-ortho nitro benzene ring substituents is 1. The zero-order valence-corrected chi connectivity index (χ0v) is 15.9. The highest BCUT2D eigenvalue weighted by Gasteiger charge is 2.19. The van der Waals surface area contributed by atoms with Crippen molar-refractivity contribution in [2.45, 2.75) is 26.2 Å². The number of methoxy groups -OCH3 is 1. The highest BCUT2D eigenvalue weighted by molar-refractivity contribution is 5.97. The van der Waals surface area contributed by atoms with Crippen LogP contribution in [0.15, 0.2) is 42.5 Å². The summed E-state index contributed by atoms with van der Waals surface area (Å²) in [5.74, 6) is -0.857. The van der Waals surface area contributed by atoms with Crippen LogP contribution in [0, 0.1) is 10.1 Å². The lowest BCUT2D eigenvalue weighted by molar-refractivity contribution is -0.384. The number of carbonyl (C=O) groups is 2. The minimum atomic E-state index is -0.886. The number of hydrogen-bond acceptors (Lipinski definition) is 6. The summed E-state index contributed by atoms with van der Waals surface area (Å²) in [7, 11) is 1.33. The maximum atomic E-state index is 12.2. The van der Waals surface area contributed by atoms with Crippen molar-refractivity contribution in [1.82, 2.24) is 0 Å². The molecule has 1 N–H and O–H groups in total. The number of ether oxygens (including phenoxy) is 2. The SMILES string of the molecule is CC[C@@H](C)c1ccc(NC(=O)COC(=O)c2cc([N+](=O)[O-])ccc2OC)cc1. The largest absolute Gasteiger partial charge is 0.496 e. The summed E-state index contributed by atoms with van der Waals surface area (Å²) in [5.41, 5.74) is 1.35. The van der Waals surface area contributed by atoms with Crippen LogP contribution in [0.5, 0.6) is 5.75 Å². The summed E-state index contributed by atoms with van der Waals surface area (Å²) in [6.07, 6.45) is 1.02. The molecule has 0 unspecified atom stereocenters. The summed E-state index contributed by atoms with van der Waals surface area (Å²) in [6.45, 7) is 3.69. The third-order valence-corrected chi connectivity index (χ3v) is 4.32. The van der Waals surface area contributed by atoms with Gasteiger partial charge in [-0.25, -0.2) is 4.79 Å². The van der Waals surface area contributed by atoms with Gasteiger partial charge in [-0.15, -0.1) is 0 Å². The van der Waals surface area contributed by atoms with Crippen molar-refractivity contribution in [2.24, 2.45) is 0 Å². The maximum absolute atomic E-state index is 12.2. The first-order valence-electron chi connectivity index (χ1n) is 8.75. The lowest BCUT2D eigenvalue weighted by Crippen LogP contribution is -2.21. The molecule has 0 spiro atoms. The first kappa shape index (κ1) is 20.9. The molecule has 1 amide bonds. The van der Waals surface area contributed by atoms with Gasteiger partial charge in [-0.3, -0.25) is 14.9 Å². The fraction of sp³-hybridized carbons (Fsp3) is 0.300. The standard InChI is InChI=1S/C20H22N2O6/c1-4-13(2)14-5-7-15(8-6-14)21-19(23)12-28-20(24)17-11-16(22(25)26)9-10-18(17)27-3/h5-11,13H,4,12H2,1-3H3,(H,21,23)/t13-/m1/s1. The first-order chi connectivity index (χ1) is 13.3. The average molecular weight is 386 g/mol. The number of esters is 1. The molecule has 0 bridgehead atoms. The van der Waals surface area contributed by atoms with E-state index in [2.05, 4.69) is 19.2 Å². The Balaban J connectivity index is 1.98. The quantitative estimate of drug-likeness (QED) is 0.419. The molecule has 0 fully saturated rings. The van der Waals surface area contributed by atoms with Crippen LogP contribution in [0.1, 0.15) is 42.1 Å². The van der Waals surface area contributed by atoms with Crippen LogP contribution >= 0.6 is 0 Å². The molecule has 0 aliphatic rings. The second-order valence-corrected chi connectivity index (χ2v) is 6.20. The highest BCUT2D eigenvalue weighted by Crippen LogP contribution is 2.25. The molecule has 8 heteroatoms. The van der Waals surface area contributed by atoms with Crippen molar-refractivity contribution >= 4 is 23.3 Å². The zero-order chi connectivity index (χ0) is 20.7. The van der Waals surface area contributed by atoms with Gasteiger partial charge in [-0.05, 0) is 36.1 Å². The fourth-order valence-corrected chi connectivity index (χ4v) is 2.51. The Morgan fingerprint density at radius 2 is 1.86 bits per heavy atom. The number of nitrogens with one attached hydrogen (secondary N) is 1. The molecule has 8 nitrogen and oxygen atoms in total. The normalized spacial score (nSPS) is 11.4. The predicted molar refractivity (Wildman–Crippen MR) is 104 cm³/mol. The van der Waals surface area contributed by atoms with Crippen molar-refractivity contribution < 1.29 is 24.0 Å². The smallest absolute Gasteiger partial charge is 0.342 e. The number of benzene rings is 2. The number of nitro benzene ring substituents is 1. The predicted octanol–water partition coefficient (Wildman–Crippen LogP) is 3.91. The van der Waals surface area contributed by atoms with E-state index in [9.17, 15) is 19.7 Å². The van der Waals surface area contributed by atoms with Gasteiger partial charge >= 0.3 is 5.97 Å². The highest BCUT2D eigenvalue weighted by atomic mass is 16.6. The fourth-order valence-electron chi connectivity index (χ4n) is 2.51. The van der Waals surface area contributed by atoms with Gasteiger partial charge in [0.05, 0.1) is 12.0 Å². The van der Waals surface area contributed by atoms with E-state index in [1.165, 1.54) is 24.8 Å². The summed E-state index contributed by atoms with van der Waals surface area (Å²) >= 11 is 0. The van der Waals surface area contributed by atoms with E-state index in [0.717, 1.165) is 12.5 Å². The molecule has 0 radical (unpaired) electrons. The summed E-state index contributed by atoms with van der Waals surface area (Å²) in [6, 6.07) is 11.0. The van der Waals surface area contributed by atoms with Gasteiger partial charge in [0, 0.05) is 17.8 Å². The number of rotatable bonds is 8. The van der Waals surface area contributed by atoms with E-state index < -0.39 is 23.4 Å². The lowest BCUT2D eigenvalue weighted by Gasteiger charge is -2.11. The third-order valence-electron chi connectivity index (χ3n) is 4.32. The Bertz CT molecular complexity index is 863. The van der Waals surface area contributed by atoms with E-state index in [-0.39, 0.29) is 17.0 Å². The zero-order valence-electron chi connectivity index (χ0n) is 15.9. The Labute approximate surface area is 162 Å². The Hall–Kier alpha value is -3.42. The van der Waals surface area contributed by atoms with Crippen molar-refractivity contribution in [1.29, 1.82) is 0 Å². The Kier molecular flexibility index (Phi) is 7.08. The van der Waals surface area contributed by atoms with Gasteiger partial charge in [-0.1, -0.05) is 26.0 Å². The van der Waals surface area contributed by atoms with E-state index in [0.29, 0.717) is 11.6 Å². The van der Waals surface area contributed by atoms with Gasteiger partial charge in [0.1, 0.15) is 11.3 Å². The van der Waals surface area contributed by atoms with E-state index >= 15 is 0 Å². The molecule has 0 saturated heterocycles. The van der Waals surface area contributed by atoms with Crippen molar-refractivity contribution in [3.63, 3.8) is 0 Å². The second kappa shape index (κ2) is 9.50. The van der Waals surface area contributed by atoms with Gasteiger partial charge in [0.2, 0.25) is 0 Å². The molecule has 0 heterocycles. The Morgan fingerprint density at radius 1 is 1.18 bits per heavy atom. The molecular formula is C20H22N2O6. The lowest BCUT2D eigenvalue weighted by atomic mass is 9.99. The Morgan fingerprint density at radius 3 is 2.43 bits per heavy atom. The number of carbonyl (C=O) groups excluding carboxylic acids is 2. The van der Waals surface area contributed by atoms with Crippen LogP contribution in [0.25, 0.3) is 0 Å². The molecule has 2 aromatic carbocycles. The first-order valence-corrected chi connectivity index (χ1v) is 8.75. The monoisotopic (exact) mass is 386 g/mol. The molecule has 0 aliphatic carbocycles. The van der Waals surface area contributed by atoms with Crippen LogP contribution in [0.3, 0.4) is 0 Å². The summed E-state index contributed by atoms with van der Waals surface area (Å²) < 4.78 is 9.98. The van der Waals surface area contributed by atoms with Crippen LogP contribution in [-0.2, 0) is 9.53 Å². The minimum absolute atomic E-state index is 0.122. The van der Waals surface area contributed by atoms with Crippen molar-refractivity contribution in [2.75, 3.05) is 19.0 Å². The molecule has 0 saturated carbocycles. The molecule has 2 aromatic rings. The molecule has 2 rings (SSSR count). The van der Waals surface area contributed by atoms with Crippen LogP contribution < -0.4 is 10.1 Å². The average Bonchev–Trinajstić information content (AvgIpc) is 2.71. The number of amides is 1. The van der Waals surface area contributed by atoms with E-state index in [1.807, 2.05) is 12.1 Å². The molecule has 148 valence electrons. The maximum Gasteiger partial charge on any atom is 0.342 e. The van der Waals surface area contributed by atoms with Gasteiger partial charge in [0.25, 0.3) is 11.6 Å². The summed E-state index contributed by atoms with van der Waals surface area (Å²) in [5, 5.41) is 13.5. The topological polar surface area (TPSA) is 108 Å². The van der Waals surface area contributed by atoms with Crippen molar-refractivity contribution in [3.8, 4) is 5.75 Å². The van der Waals surface area contributed by atoms with Crippen molar-refractivity contribution in [3.05, 3.63) is 63.7 Å². The minimum Gasteiger partial charge on any atom is -0.496 e. The van der Waals surface area contributed by atoms with E-state index in [4.69, 9.17) is 9.47 Å². The third kappa shape index (κ3) is 5.29. The van der Waals surface area contributed by atoms with Crippen LogP contribution in [-0.4, -0.2) is 30.5 Å². The molecule has 28 heavy (non-hydrogen) atoms. The van der Waals surface area contributed by atoms with Gasteiger partial charge in [0.15, 0.2) is 6.61 Å². The number of anilines is 1. The molecule has 0 aromatic heterocycles. The van der Waals surface area contributed by atoms with Gasteiger partial charge in [-0.2, -0.15) is 0 Å². The number of nitro groups is 1. The van der Waals surface area contributed by atoms with Crippen LogP contribution in [0.4, 0.5) is 11.4 Å². The molecule has 0 aliphatic heterocycles. The molecular weight excluding hydrogens is 364 g/mol. The van der Waals surface area contributed by atoms with Crippen LogP contribution in [0.2, 0.25) is 0 Å². The molecule has 1 atom stereocenters. The van der Waals surface area contributed by atoms with E-state index in [1.54, 1.807) is 12.1 Å². The number of hydrogen-bond donors (Lipinski definition) is 1. The number of nitrogens with zero attached hydrogens (tertiary/aromatic N) is 1. The summed E-state index contributed by atoms with van der Waals surface area (Å²) in [4.78, 5) is 34.5.